The average molecular weight is 200 g/mol. The van der Waals surface area contributed by atoms with E-state index >= 15 is 0 Å². The van der Waals surface area contributed by atoms with Gasteiger partial charge in [0.1, 0.15) is 6.54 Å². The molecule has 0 bridgehead atoms. The van der Waals surface area contributed by atoms with E-state index in [9.17, 15) is 14.4 Å². The summed E-state index contributed by atoms with van der Waals surface area (Å²) in [5.74, 6) is -0.762. The van der Waals surface area contributed by atoms with Crippen LogP contribution in [0.25, 0.3) is 0 Å². The van der Waals surface area contributed by atoms with E-state index in [0.717, 1.165) is 10.6 Å². The van der Waals surface area contributed by atoms with Gasteiger partial charge in [0, 0.05) is 12.3 Å². The first-order chi connectivity index (χ1) is 6.63. The third-order valence-corrected chi connectivity index (χ3v) is 1.42. The van der Waals surface area contributed by atoms with Gasteiger partial charge in [-0.1, -0.05) is 0 Å². The summed E-state index contributed by atoms with van der Waals surface area (Å²) in [5.41, 5.74) is -1.24. The van der Waals surface area contributed by atoms with Crippen molar-refractivity contribution in [3.05, 3.63) is 33.1 Å². The van der Waals surface area contributed by atoms with Crippen molar-refractivity contribution in [1.29, 1.82) is 0 Å². The number of carbonyl (C=O) groups is 1. The summed E-state index contributed by atoms with van der Waals surface area (Å²) >= 11 is 0. The number of aliphatic hydroxyl groups excluding tert-OH is 1. The Morgan fingerprint density at radius 1 is 1.57 bits per heavy atom. The molecule has 0 aliphatic carbocycles. The van der Waals surface area contributed by atoms with Crippen molar-refractivity contribution in [2.24, 2.45) is 0 Å². The molecule has 1 heterocycles. The molecule has 0 unspecified atom stereocenters. The van der Waals surface area contributed by atoms with Crippen molar-refractivity contribution in [2.75, 3.05) is 6.79 Å². The van der Waals surface area contributed by atoms with Crippen molar-refractivity contribution < 1.29 is 14.6 Å². The SMILES string of the molecule is O=C(Cn1ccc(=O)[nH]c1=O)OCO. The fourth-order valence-electron chi connectivity index (χ4n) is 0.825. The van der Waals surface area contributed by atoms with Gasteiger partial charge in [-0.2, -0.15) is 0 Å². The molecule has 0 saturated carbocycles. The van der Waals surface area contributed by atoms with Crippen LogP contribution < -0.4 is 11.2 Å². The number of carbonyl (C=O) groups excluding carboxylic acids is 1. The van der Waals surface area contributed by atoms with Crippen molar-refractivity contribution in [1.82, 2.24) is 9.55 Å². The molecule has 1 aromatic rings. The molecule has 76 valence electrons. The second-order valence-corrected chi connectivity index (χ2v) is 2.38. The quantitative estimate of drug-likeness (QED) is 0.435. The summed E-state index contributed by atoms with van der Waals surface area (Å²) in [4.78, 5) is 34.4. The fraction of sp³-hybridized carbons (Fsp3) is 0.286. The number of aliphatic hydroxyl groups is 1. The Balaban J connectivity index is 2.82. The Bertz CT molecular complexity index is 432. The maximum absolute atomic E-state index is 11.0. The number of nitrogens with one attached hydrogen (secondary N) is 1. The molecule has 0 amide bonds. The third kappa shape index (κ3) is 2.56. The molecular formula is C7H8N2O5. The minimum Gasteiger partial charge on any atom is -0.437 e. The summed E-state index contributed by atoms with van der Waals surface area (Å²) in [5, 5.41) is 8.24. The van der Waals surface area contributed by atoms with E-state index in [2.05, 4.69) is 4.74 Å². The van der Waals surface area contributed by atoms with Crippen LogP contribution in [0.3, 0.4) is 0 Å². The number of aromatic amines is 1. The van der Waals surface area contributed by atoms with Crippen LogP contribution in [-0.2, 0) is 16.1 Å². The number of esters is 1. The summed E-state index contributed by atoms with van der Waals surface area (Å²) in [6, 6.07) is 1.10. The second kappa shape index (κ2) is 4.38. The molecule has 2 N–H and O–H groups in total. The Morgan fingerprint density at radius 3 is 2.86 bits per heavy atom. The van der Waals surface area contributed by atoms with E-state index in [1.165, 1.54) is 6.20 Å². The van der Waals surface area contributed by atoms with Crippen molar-refractivity contribution >= 4 is 5.97 Å². The number of H-pyrrole nitrogens is 1. The molecule has 0 aliphatic rings. The molecule has 0 aliphatic heterocycles. The number of aromatic nitrogens is 2. The van der Waals surface area contributed by atoms with Gasteiger partial charge in [-0.15, -0.1) is 0 Å². The predicted molar refractivity (Wildman–Crippen MR) is 44.5 cm³/mol. The number of hydrogen-bond donors (Lipinski definition) is 2. The molecule has 1 rings (SSSR count). The highest BCUT2D eigenvalue weighted by atomic mass is 16.6. The van der Waals surface area contributed by atoms with E-state index < -0.39 is 24.0 Å². The Hall–Kier alpha value is -1.89. The highest BCUT2D eigenvalue weighted by molar-refractivity contribution is 5.68. The number of ether oxygens (including phenoxy) is 1. The third-order valence-electron chi connectivity index (χ3n) is 1.42. The van der Waals surface area contributed by atoms with Crippen molar-refractivity contribution in [3.8, 4) is 0 Å². The summed E-state index contributed by atoms with van der Waals surface area (Å²) in [6.45, 7) is -1.09. The minimum atomic E-state index is -0.762. The van der Waals surface area contributed by atoms with Crippen LogP contribution >= 0.6 is 0 Å². The predicted octanol–water partition coefficient (Wildman–Crippen LogP) is -1.97. The maximum Gasteiger partial charge on any atom is 0.328 e. The summed E-state index contributed by atoms with van der Waals surface area (Å²) in [7, 11) is 0. The zero-order valence-corrected chi connectivity index (χ0v) is 7.10. The lowest BCUT2D eigenvalue weighted by atomic mass is 10.6. The van der Waals surface area contributed by atoms with Crippen LogP contribution in [0.1, 0.15) is 0 Å². The molecule has 0 saturated heterocycles. The zero-order valence-electron chi connectivity index (χ0n) is 7.10. The molecule has 0 spiro atoms. The molecular weight excluding hydrogens is 192 g/mol. The smallest absolute Gasteiger partial charge is 0.328 e. The van der Waals surface area contributed by atoms with E-state index in [1.54, 1.807) is 0 Å². The van der Waals surface area contributed by atoms with Gasteiger partial charge in [0.25, 0.3) is 5.56 Å². The second-order valence-electron chi connectivity index (χ2n) is 2.38. The topological polar surface area (TPSA) is 101 Å². The summed E-state index contributed by atoms with van der Waals surface area (Å²) < 4.78 is 5.15. The number of nitrogens with zero attached hydrogens (tertiary/aromatic N) is 1. The van der Waals surface area contributed by atoms with Gasteiger partial charge in [0.15, 0.2) is 6.79 Å². The molecule has 7 heteroatoms. The first kappa shape index (κ1) is 10.2. The lowest BCUT2D eigenvalue weighted by Gasteiger charge is -2.02. The van der Waals surface area contributed by atoms with Crippen LogP contribution in [0.4, 0.5) is 0 Å². The largest absolute Gasteiger partial charge is 0.437 e. The van der Waals surface area contributed by atoms with E-state index in [1.807, 2.05) is 4.98 Å². The first-order valence-corrected chi connectivity index (χ1v) is 3.69. The number of rotatable bonds is 3. The van der Waals surface area contributed by atoms with Gasteiger partial charge in [-0.05, 0) is 0 Å². The lowest BCUT2D eigenvalue weighted by molar-refractivity contribution is -0.152. The molecule has 7 nitrogen and oxygen atoms in total. The lowest BCUT2D eigenvalue weighted by Crippen LogP contribution is -2.31. The molecule has 14 heavy (non-hydrogen) atoms. The van der Waals surface area contributed by atoms with Gasteiger partial charge in [-0.3, -0.25) is 19.1 Å². The van der Waals surface area contributed by atoms with Crippen molar-refractivity contribution in [3.63, 3.8) is 0 Å². The van der Waals surface area contributed by atoms with Crippen LogP contribution in [0.2, 0.25) is 0 Å². The highest BCUT2D eigenvalue weighted by Crippen LogP contribution is 1.81. The van der Waals surface area contributed by atoms with Crippen LogP contribution in [0.5, 0.6) is 0 Å². The first-order valence-electron chi connectivity index (χ1n) is 3.69. The molecule has 1 aromatic heterocycles. The Labute approximate surface area is 77.6 Å². The molecule has 0 aromatic carbocycles. The van der Waals surface area contributed by atoms with E-state index in [0.29, 0.717) is 0 Å². The van der Waals surface area contributed by atoms with Crippen LogP contribution in [0.15, 0.2) is 21.9 Å². The Morgan fingerprint density at radius 2 is 2.29 bits per heavy atom. The van der Waals surface area contributed by atoms with E-state index in [-0.39, 0.29) is 6.54 Å². The zero-order chi connectivity index (χ0) is 10.6. The molecule has 0 atom stereocenters. The maximum atomic E-state index is 11.0. The molecule has 0 fully saturated rings. The van der Waals surface area contributed by atoms with Gasteiger partial charge in [0.05, 0.1) is 0 Å². The van der Waals surface area contributed by atoms with E-state index in [4.69, 9.17) is 5.11 Å². The van der Waals surface area contributed by atoms with Gasteiger partial charge in [0.2, 0.25) is 0 Å². The normalized spacial score (nSPS) is 9.79. The summed E-state index contributed by atoms with van der Waals surface area (Å²) in [6.07, 6.45) is 1.17. The standard InChI is InChI=1S/C7H8N2O5/c10-4-14-6(12)3-9-2-1-5(11)8-7(9)13/h1-2,10H,3-4H2,(H,8,11,13). The average Bonchev–Trinajstić information content (AvgIpc) is 2.10. The minimum absolute atomic E-state index is 0.351. The van der Waals surface area contributed by atoms with Crippen LogP contribution in [-0.4, -0.2) is 27.4 Å². The number of hydrogen-bond acceptors (Lipinski definition) is 5. The molecule has 0 radical (unpaired) electrons. The van der Waals surface area contributed by atoms with Gasteiger partial charge < -0.3 is 9.84 Å². The highest BCUT2D eigenvalue weighted by Gasteiger charge is 2.04. The van der Waals surface area contributed by atoms with Gasteiger partial charge in [-0.25, -0.2) is 4.79 Å². The van der Waals surface area contributed by atoms with Crippen LogP contribution in [0, 0.1) is 0 Å². The van der Waals surface area contributed by atoms with Gasteiger partial charge >= 0.3 is 11.7 Å². The Kier molecular flexibility index (Phi) is 3.19. The monoisotopic (exact) mass is 200 g/mol. The fourth-order valence-corrected chi connectivity index (χ4v) is 0.825. The van der Waals surface area contributed by atoms with Crippen molar-refractivity contribution in [2.45, 2.75) is 6.54 Å².